The van der Waals surface area contributed by atoms with E-state index < -0.39 is 37.6 Å². The maximum absolute atomic E-state index is 10.4. The number of methoxy groups -OCH3 is 1. The second kappa shape index (κ2) is 7.92. The Bertz CT molecular complexity index is 731. The molecule has 0 bridgehead atoms. The first kappa shape index (κ1) is 18.1. The van der Waals surface area contributed by atoms with Gasteiger partial charge in [-0.15, -0.1) is 5.10 Å². The third-order valence-electron chi connectivity index (χ3n) is 2.42. The second-order valence-electron chi connectivity index (χ2n) is 3.87. The van der Waals surface area contributed by atoms with E-state index in [1.165, 1.54) is 0 Å². The van der Waals surface area contributed by atoms with E-state index in [0.29, 0.717) is 18.0 Å². The third-order valence-corrected chi connectivity index (χ3v) is 2.42. The Kier molecular flexibility index (Phi) is 5.99. The van der Waals surface area contributed by atoms with E-state index in [2.05, 4.69) is 10.2 Å². The number of hydrogen-bond donors (Lipinski definition) is 1. The number of nitrogens with zero attached hydrogens (tertiary/aromatic N) is 5. The molecule has 0 amide bonds. The lowest BCUT2D eigenvalue weighted by Gasteiger charge is -1.97. The molecule has 126 valence electrons. The quantitative estimate of drug-likeness (QED) is 0.633. The van der Waals surface area contributed by atoms with Gasteiger partial charge in [0.2, 0.25) is 5.88 Å². The normalized spacial score (nSPS) is 9.38. The number of ether oxygens (including phenoxy) is 1. The van der Waals surface area contributed by atoms with Crippen molar-refractivity contribution >= 4 is 17.1 Å². The summed E-state index contributed by atoms with van der Waals surface area (Å²) in [6.45, 7) is 0. The van der Waals surface area contributed by atoms with Crippen LogP contribution in [0.4, 0.5) is 17.1 Å². The minimum atomic E-state index is -1.21. The van der Waals surface area contributed by atoms with Crippen molar-refractivity contribution in [3.05, 3.63) is 60.8 Å². The number of hydrogen-bond acceptors (Lipinski definition) is 10. The first-order chi connectivity index (χ1) is 11.3. The van der Waals surface area contributed by atoms with Crippen molar-refractivity contribution in [2.75, 3.05) is 7.11 Å². The van der Waals surface area contributed by atoms with Crippen molar-refractivity contribution in [2.24, 2.45) is 0 Å². The van der Waals surface area contributed by atoms with E-state index >= 15 is 0 Å². The molecule has 2 aromatic rings. The molecule has 0 aliphatic rings. The van der Waals surface area contributed by atoms with Crippen LogP contribution >= 0.6 is 0 Å². The van der Waals surface area contributed by atoms with Gasteiger partial charge in [0.05, 0.1) is 34.0 Å². The lowest BCUT2D eigenvalue weighted by atomic mass is 10.2. The fourth-order valence-corrected chi connectivity index (χ4v) is 1.37. The topological polar surface area (TPSA) is 185 Å². The molecule has 0 fully saturated rings. The van der Waals surface area contributed by atoms with Crippen LogP contribution in [0.5, 0.6) is 11.6 Å². The van der Waals surface area contributed by atoms with Crippen LogP contribution in [0.1, 0.15) is 0 Å². The Hall–Kier alpha value is -3.90. The van der Waals surface area contributed by atoms with Crippen LogP contribution in [0.25, 0.3) is 0 Å². The number of rotatable bonds is 4. The third kappa shape index (κ3) is 4.55. The number of phenols is 1. The highest BCUT2D eigenvalue weighted by Gasteiger charge is 2.30. The van der Waals surface area contributed by atoms with Crippen molar-refractivity contribution in [2.45, 2.75) is 0 Å². The van der Waals surface area contributed by atoms with Gasteiger partial charge >= 0.3 is 11.4 Å². The molecule has 0 radical (unpaired) electrons. The Morgan fingerprint density at radius 2 is 1.58 bits per heavy atom. The van der Waals surface area contributed by atoms with Gasteiger partial charge in [0.1, 0.15) is 0 Å². The summed E-state index contributed by atoms with van der Waals surface area (Å²) in [6, 6.07) is 4.41. The van der Waals surface area contributed by atoms with E-state index in [9.17, 15) is 30.3 Å². The van der Waals surface area contributed by atoms with Crippen molar-refractivity contribution in [1.29, 1.82) is 0 Å². The molecule has 0 aliphatic carbocycles. The van der Waals surface area contributed by atoms with Crippen molar-refractivity contribution in [3.8, 4) is 11.6 Å². The first-order valence-electron chi connectivity index (χ1n) is 5.89. The Morgan fingerprint density at radius 3 is 1.88 bits per heavy atom. The van der Waals surface area contributed by atoms with E-state index in [-0.39, 0.29) is 0 Å². The molecule has 0 unspecified atom stereocenters. The highest BCUT2D eigenvalue weighted by atomic mass is 16.6. The zero-order chi connectivity index (χ0) is 18.3. The van der Waals surface area contributed by atoms with E-state index in [4.69, 9.17) is 9.84 Å². The van der Waals surface area contributed by atoms with Gasteiger partial charge in [-0.25, -0.2) is 0 Å². The average molecular weight is 339 g/mol. The van der Waals surface area contributed by atoms with Crippen molar-refractivity contribution in [1.82, 2.24) is 10.2 Å². The molecule has 13 heteroatoms. The summed E-state index contributed by atoms with van der Waals surface area (Å²) in [5.41, 5.74) is -3.00. The van der Waals surface area contributed by atoms with Gasteiger partial charge in [-0.05, 0) is 6.07 Å². The number of non-ortho nitro benzene ring substituents is 1. The Balaban J connectivity index is 0.000000300. The standard InChI is InChI=1S/C6H3N3O7.C5H6N2O/c10-6-4(8(13)14)1-3(7(11)12)2-5(6)9(15)16;1-8-5-3-2-4-6-7-5/h1-2,10H;2-4H,1H3. The molecule has 0 saturated carbocycles. The number of nitro benzene ring substituents is 3. The van der Waals surface area contributed by atoms with Gasteiger partial charge in [0.15, 0.2) is 0 Å². The summed E-state index contributed by atoms with van der Waals surface area (Å²) in [5.74, 6) is -0.659. The van der Waals surface area contributed by atoms with Gasteiger partial charge in [0, 0.05) is 12.3 Å². The lowest BCUT2D eigenvalue weighted by molar-refractivity contribution is -0.404. The molecule has 13 nitrogen and oxygen atoms in total. The van der Waals surface area contributed by atoms with Crippen LogP contribution in [-0.4, -0.2) is 37.2 Å². The highest BCUT2D eigenvalue weighted by molar-refractivity contribution is 5.64. The van der Waals surface area contributed by atoms with Crippen molar-refractivity contribution < 1.29 is 24.6 Å². The summed E-state index contributed by atoms with van der Waals surface area (Å²) in [7, 11) is 1.56. The minimum Gasteiger partial charge on any atom is -0.497 e. The second-order valence-corrected chi connectivity index (χ2v) is 3.87. The summed E-state index contributed by atoms with van der Waals surface area (Å²) in [6.07, 6.45) is 1.60. The minimum absolute atomic E-state index is 0.447. The molecule has 0 spiro atoms. The number of aromatic hydroxyl groups is 1. The maximum Gasteiger partial charge on any atom is 0.324 e. The number of nitro groups is 3. The SMILES string of the molecule is COc1cccnn1.O=[N+]([O-])c1cc([N+](=O)[O-])c(O)c([N+](=O)[O-])c1. The van der Waals surface area contributed by atoms with Gasteiger partial charge in [-0.2, -0.15) is 5.10 Å². The van der Waals surface area contributed by atoms with Crippen LogP contribution in [0.2, 0.25) is 0 Å². The zero-order valence-corrected chi connectivity index (χ0v) is 11.9. The predicted molar refractivity (Wildman–Crippen MR) is 76.7 cm³/mol. The maximum atomic E-state index is 10.4. The molecule has 0 atom stereocenters. The van der Waals surface area contributed by atoms with Gasteiger partial charge < -0.3 is 9.84 Å². The lowest BCUT2D eigenvalue weighted by Crippen LogP contribution is -1.97. The average Bonchev–Trinajstić information content (AvgIpc) is 2.55. The monoisotopic (exact) mass is 339 g/mol. The fourth-order valence-electron chi connectivity index (χ4n) is 1.37. The van der Waals surface area contributed by atoms with Crippen LogP contribution < -0.4 is 4.74 Å². The molecule has 24 heavy (non-hydrogen) atoms. The fraction of sp³-hybridized carbons (Fsp3) is 0.0909. The zero-order valence-electron chi connectivity index (χ0n) is 11.9. The molecular formula is C11H9N5O8. The molecule has 0 aliphatic heterocycles. The molecule has 1 heterocycles. The highest BCUT2D eigenvalue weighted by Crippen LogP contribution is 2.38. The van der Waals surface area contributed by atoms with Crippen LogP contribution in [0.15, 0.2) is 30.5 Å². The van der Waals surface area contributed by atoms with Crippen LogP contribution in [0.3, 0.4) is 0 Å². The van der Waals surface area contributed by atoms with Crippen LogP contribution in [-0.2, 0) is 0 Å². The summed E-state index contributed by atoms with van der Waals surface area (Å²) >= 11 is 0. The van der Waals surface area contributed by atoms with Gasteiger partial charge in [-0.3, -0.25) is 30.3 Å². The molecule has 2 rings (SSSR count). The smallest absolute Gasteiger partial charge is 0.324 e. The van der Waals surface area contributed by atoms with Gasteiger partial charge in [-0.1, -0.05) is 0 Å². The molecule has 1 aromatic heterocycles. The molecular weight excluding hydrogens is 330 g/mol. The molecule has 0 saturated heterocycles. The summed E-state index contributed by atoms with van der Waals surface area (Å²) in [5, 5.41) is 47.4. The van der Waals surface area contributed by atoms with Crippen molar-refractivity contribution in [3.63, 3.8) is 0 Å². The molecule has 1 N–H and O–H groups in total. The number of phenolic OH excluding ortho intramolecular Hbond substituents is 1. The van der Waals surface area contributed by atoms with Gasteiger partial charge in [0.25, 0.3) is 11.4 Å². The Morgan fingerprint density at radius 1 is 1.04 bits per heavy atom. The van der Waals surface area contributed by atoms with E-state index in [1.807, 2.05) is 0 Å². The molecule has 1 aromatic carbocycles. The summed E-state index contributed by atoms with van der Waals surface area (Å²) < 4.78 is 4.74. The predicted octanol–water partition coefficient (Wildman–Crippen LogP) is 1.60. The number of aromatic nitrogens is 2. The largest absolute Gasteiger partial charge is 0.497 e. The van der Waals surface area contributed by atoms with Crippen LogP contribution in [0, 0.1) is 30.3 Å². The Labute approximate surface area is 132 Å². The van der Waals surface area contributed by atoms with E-state index in [0.717, 1.165) is 0 Å². The number of benzene rings is 1. The first-order valence-corrected chi connectivity index (χ1v) is 5.89. The summed E-state index contributed by atoms with van der Waals surface area (Å²) in [4.78, 5) is 27.8. The van der Waals surface area contributed by atoms with E-state index in [1.54, 1.807) is 25.4 Å².